The highest BCUT2D eigenvalue weighted by molar-refractivity contribution is 8.04. The molecule has 1 aromatic carbocycles. The van der Waals surface area contributed by atoms with Gasteiger partial charge in [0, 0.05) is 19.3 Å². The summed E-state index contributed by atoms with van der Waals surface area (Å²) in [5.41, 5.74) is 0. The lowest BCUT2D eigenvalue weighted by molar-refractivity contribution is 0.800. The molecule has 80 valence electrons. The second-order valence-electron chi connectivity index (χ2n) is 5.42. The van der Waals surface area contributed by atoms with Gasteiger partial charge >= 0.3 is 0 Å². The van der Waals surface area contributed by atoms with Crippen LogP contribution < -0.4 is 0 Å². The molecule has 1 aromatic rings. The van der Waals surface area contributed by atoms with Gasteiger partial charge in [-0.2, -0.15) is 0 Å². The van der Waals surface area contributed by atoms with Gasteiger partial charge in [0.1, 0.15) is 0 Å². The molecule has 3 heteroatoms. The van der Waals surface area contributed by atoms with Crippen LogP contribution in [0.2, 0.25) is 0 Å². The zero-order valence-electron chi connectivity index (χ0n) is 9.72. The average Bonchev–Trinajstić information content (AvgIpc) is 2.38. The Bertz CT molecular complexity index is 298. The van der Waals surface area contributed by atoms with E-state index in [4.69, 9.17) is 12.2 Å². The van der Waals surface area contributed by atoms with E-state index in [9.17, 15) is 0 Å². The van der Waals surface area contributed by atoms with Crippen LogP contribution in [0.3, 0.4) is 0 Å². The predicted octanol–water partition coefficient (Wildman–Crippen LogP) is 5.07. The average molecular weight is 246 g/mol. The Hall–Kier alpha value is 0.530. The Labute approximate surface area is 101 Å². The van der Waals surface area contributed by atoms with Gasteiger partial charge < -0.3 is 0 Å². The molecule has 0 radical (unpaired) electrons. The zero-order valence-corrected chi connectivity index (χ0v) is 12.2. The van der Waals surface area contributed by atoms with Gasteiger partial charge in [-0.15, -0.1) is 23.5 Å². The standard InChI is InChI=1S/C11H18S3/c1-10(2,3)13-8-7(12)9(8)14-11(4,5)6/h1-6H3. The number of hydrogen-bond donors (Lipinski definition) is 0. The lowest BCUT2D eigenvalue weighted by Gasteiger charge is -2.16. The van der Waals surface area contributed by atoms with E-state index in [1.165, 1.54) is 9.79 Å². The molecule has 0 unspecified atom stereocenters. The first-order chi connectivity index (χ1) is 6.10. The zero-order chi connectivity index (χ0) is 11.1. The van der Waals surface area contributed by atoms with E-state index in [1.807, 2.05) is 23.5 Å². The first kappa shape index (κ1) is 12.6. The molecule has 0 saturated carbocycles. The van der Waals surface area contributed by atoms with Gasteiger partial charge in [-0.05, 0) is 0 Å². The molecule has 0 atom stereocenters. The Morgan fingerprint density at radius 1 is 0.786 bits per heavy atom. The van der Waals surface area contributed by atoms with E-state index in [0.29, 0.717) is 0 Å². The van der Waals surface area contributed by atoms with E-state index < -0.39 is 0 Å². The summed E-state index contributed by atoms with van der Waals surface area (Å²) in [6, 6.07) is 0. The van der Waals surface area contributed by atoms with E-state index in [-0.39, 0.29) is 9.49 Å². The van der Waals surface area contributed by atoms with Crippen molar-refractivity contribution in [3.8, 4) is 0 Å². The van der Waals surface area contributed by atoms with Crippen LogP contribution in [0.15, 0.2) is 9.79 Å². The molecule has 0 aromatic heterocycles. The summed E-state index contributed by atoms with van der Waals surface area (Å²) < 4.78 is 1.66. The van der Waals surface area contributed by atoms with Crippen molar-refractivity contribution in [1.29, 1.82) is 0 Å². The van der Waals surface area contributed by atoms with Crippen LogP contribution in [0.5, 0.6) is 0 Å². The van der Waals surface area contributed by atoms with E-state index in [1.54, 1.807) is 0 Å². The van der Waals surface area contributed by atoms with Crippen molar-refractivity contribution in [3.63, 3.8) is 0 Å². The minimum Gasteiger partial charge on any atom is -0.117 e. The monoisotopic (exact) mass is 246 g/mol. The first-order valence-corrected chi connectivity index (χ1v) is 6.81. The SMILES string of the molecule is CC(C)(C)Sc1c(SC(C)(C)C)c1=S. The quantitative estimate of drug-likeness (QED) is 0.528. The highest BCUT2D eigenvalue weighted by Crippen LogP contribution is 2.50. The maximum Gasteiger partial charge on any atom is 0.0672 e. The molecule has 0 saturated heterocycles. The summed E-state index contributed by atoms with van der Waals surface area (Å²) in [5.74, 6) is 0. The number of thioether (sulfide) groups is 2. The Morgan fingerprint density at radius 2 is 1.07 bits per heavy atom. The molecule has 0 aliphatic rings. The molecule has 0 N–H and O–H groups in total. The van der Waals surface area contributed by atoms with Crippen LogP contribution in [0.4, 0.5) is 0 Å². The molecule has 0 fully saturated rings. The molecule has 0 nitrogen and oxygen atoms in total. The Morgan fingerprint density at radius 3 is 1.29 bits per heavy atom. The highest BCUT2D eigenvalue weighted by Gasteiger charge is 2.28. The molecule has 0 spiro atoms. The maximum atomic E-state index is 5.31. The molecular weight excluding hydrogens is 228 g/mol. The molecule has 1 rings (SSSR count). The topological polar surface area (TPSA) is 0 Å². The second-order valence-corrected chi connectivity index (χ2v) is 9.50. The van der Waals surface area contributed by atoms with Crippen molar-refractivity contribution < 1.29 is 0 Å². The van der Waals surface area contributed by atoms with E-state index >= 15 is 0 Å². The molecule has 14 heavy (non-hydrogen) atoms. The van der Waals surface area contributed by atoms with E-state index in [0.717, 1.165) is 4.51 Å². The normalized spacial score (nSPS) is 13.9. The Balaban J connectivity index is 2.63. The van der Waals surface area contributed by atoms with Crippen LogP contribution >= 0.6 is 35.7 Å². The fourth-order valence-electron chi connectivity index (χ4n) is 0.937. The lowest BCUT2D eigenvalue weighted by atomic mass is 10.3. The third-order valence-corrected chi connectivity index (χ3v) is 4.62. The van der Waals surface area contributed by atoms with Crippen LogP contribution in [0.1, 0.15) is 41.5 Å². The lowest BCUT2D eigenvalue weighted by Crippen LogP contribution is -2.06. The smallest absolute Gasteiger partial charge is 0.0672 e. The predicted molar refractivity (Wildman–Crippen MR) is 70.9 cm³/mol. The summed E-state index contributed by atoms with van der Waals surface area (Å²) in [5, 5.41) is 0. The van der Waals surface area contributed by atoms with Gasteiger partial charge in [0.05, 0.1) is 4.51 Å². The minimum absolute atomic E-state index is 0.277. The number of rotatable bonds is 2. The molecule has 0 aliphatic carbocycles. The van der Waals surface area contributed by atoms with E-state index in [2.05, 4.69) is 41.5 Å². The van der Waals surface area contributed by atoms with Crippen molar-refractivity contribution >= 4 is 35.7 Å². The highest BCUT2D eigenvalue weighted by atomic mass is 32.2. The molecular formula is C11H18S3. The molecule has 0 heterocycles. The fraction of sp³-hybridized carbons (Fsp3) is 0.727. The van der Waals surface area contributed by atoms with Gasteiger partial charge in [-0.25, -0.2) is 0 Å². The summed E-state index contributed by atoms with van der Waals surface area (Å²) in [6.45, 7) is 13.4. The van der Waals surface area contributed by atoms with Crippen LogP contribution in [0, 0.1) is 4.51 Å². The third kappa shape index (κ3) is 3.95. The summed E-state index contributed by atoms with van der Waals surface area (Å²) in [4.78, 5) is 2.71. The van der Waals surface area contributed by atoms with Crippen LogP contribution in [0.25, 0.3) is 0 Å². The summed E-state index contributed by atoms with van der Waals surface area (Å²) >= 11 is 9.11. The van der Waals surface area contributed by atoms with Crippen molar-refractivity contribution in [2.75, 3.05) is 0 Å². The molecule has 0 amide bonds. The summed E-state index contributed by atoms with van der Waals surface area (Å²) in [6.07, 6.45) is 0. The number of hydrogen-bond acceptors (Lipinski definition) is 3. The summed E-state index contributed by atoms with van der Waals surface area (Å²) in [7, 11) is 0. The van der Waals surface area contributed by atoms with Gasteiger partial charge in [-0.3, -0.25) is 0 Å². The van der Waals surface area contributed by atoms with Crippen molar-refractivity contribution in [2.45, 2.75) is 60.8 Å². The third-order valence-electron chi connectivity index (χ3n) is 1.37. The van der Waals surface area contributed by atoms with Crippen molar-refractivity contribution in [2.24, 2.45) is 0 Å². The largest absolute Gasteiger partial charge is 0.117 e. The maximum absolute atomic E-state index is 5.31. The molecule has 0 bridgehead atoms. The first-order valence-electron chi connectivity index (χ1n) is 4.77. The van der Waals surface area contributed by atoms with Gasteiger partial charge in [0.15, 0.2) is 0 Å². The van der Waals surface area contributed by atoms with Crippen LogP contribution in [-0.2, 0) is 0 Å². The Kier molecular flexibility index (Phi) is 3.45. The van der Waals surface area contributed by atoms with Gasteiger partial charge in [-0.1, -0.05) is 53.8 Å². The van der Waals surface area contributed by atoms with Crippen molar-refractivity contribution in [1.82, 2.24) is 0 Å². The second kappa shape index (κ2) is 3.84. The fourth-order valence-corrected chi connectivity index (χ4v) is 3.69. The van der Waals surface area contributed by atoms with Gasteiger partial charge in [0.2, 0.25) is 0 Å². The minimum atomic E-state index is 0.277. The van der Waals surface area contributed by atoms with Crippen molar-refractivity contribution in [3.05, 3.63) is 4.51 Å². The molecule has 0 aliphatic heterocycles. The van der Waals surface area contributed by atoms with Crippen LogP contribution in [-0.4, -0.2) is 9.49 Å². The van der Waals surface area contributed by atoms with Gasteiger partial charge in [0.25, 0.3) is 0 Å².